The zero-order valence-corrected chi connectivity index (χ0v) is 17.1. The predicted molar refractivity (Wildman–Crippen MR) is 104 cm³/mol. The zero-order chi connectivity index (χ0) is 22.7. The summed E-state index contributed by atoms with van der Waals surface area (Å²) < 4.78 is 43.0. The molecule has 0 radical (unpaired) electrons. The van der Waals surface area contributed by atoms with E-state index in [1.54, 1.807) is 18.9 Å². The summed E-state index contributed by atoms with van der Waals surface area (Å²) in [7, 11) is 1.11. The Kier molecular flexibility index (Phi) is 6.42. The number of halogens is 2. The summed E-state index contributed by atoms with van der Waals surface area (Å²) >= 11 is 0. The second-order valence-corrected chi connectivity index (χ2v) is 7.02. The van der Waals surface area contributed by atoms with Gasteiger partial charge in [-0.15, -0.1) is 0 Å². The molecule has 1 aliphatic heterocycles. The van der Waals surface area contributed by atoms with Crippen molar-refractivity contribution in [2.45, 2.75) is 26.4 Å². The molecule has 1 aliphatic rings. The Balaban J connectivity index is 2.01. The lowest BCUT2D eigenvalue weighted by Crippen LogP contribution is -2.55. The van der Waals surface area contributed by atoms with Crippen LogP contribution < -0.4 is 15.2 Å². The highest BCUT2D eigenvalue weighted by Gasteiger charge is 2.34. The molecule has 0 spiro atoms. The van der Waals surface area contributed by atoms with Crippen LogP contribution in [0.1, 0.15) is 29.9 Å². The lowest BCUT2D eigenvalue weighted by Gasteiger charge is -2.41. The Hall–Kier alpha value is -3.63. The monoisotopic (exact) mass is 437 g/mol. The number of nitrogens with zero attached hydrogens (tertiary/aromatic N) is 3. The molecule has 1 aromatic heterocycles. The molecule has 0 saturated carbocycles. The minimum atomic E-state index is -1.02. The fourth-order valence-electron chi connectivity index (χ4n) is 3.16. The van der Waals surface area contributed by atoms with Crippen molar-refractivity contribution in [1.29, 1.82) is 0 Å². The van der Waals surface area contributed by atoms with E-state index in [2.05, 4.69) is 9.47 Å². The SMILES string of the molecule is COC(=O)OCOc1c2n(ccc1=O)N(Cc1cc(F)cc(F)c1)CN(C(C)C)C2=O. The van der Waals surface area contributed by atoms with Crippen molar-refractivity contribution in [1.82, 2.24) is 9.58 Å². The molecule has 0 aliphatic carbocycles. The summed E-state index contributed by atoms with van der Waals surface area (Å²) in [6.07, 6.45) is 0.353. The number of hydrogen-bond donors (Lipinski definition) is 0. The van der Waals surface area contributed by atoms with Crippen LogP contribution in [0, 0.1) is 11.6 Å². The first-order valence-electron chi connectivity index (χ1n) is 9.31. The van der Waals surface area contributed by atoms with Gasteiger partial charge in [-0.25, -0.2) is 13.6 Å². The molecule has 2 heterocycles. The lowest BCUT2D eigenvalue weighted by molar-refractivity contribution is 0.0133. The van der Waals surface area contributed by atoms with Gasteiger partial charge in [0.25, 0.3) is 5.91 Å². The summed E-state index contributed by atoms with van der Waals surface area (Å²) in [5.74, 6) is -2.26. The van der Waals surface area contributed by atoms with Crippen molar-refractivity contribution in [2.24, 2.45) is 0 Å². The quantitative estimate of drug-likeness (QED) is 0.506. The predicted octanol–water partition coefficient (Wildman–Crippen LogP) is 2.21. The van der Waals surface area contributed by atoms with E-state index in [-0.39, 0.29) is 30.7 Å². The molecular weight excluding hydrogens is 416 g/mol. The number of ether oxygens (including phenoxy) is 3. The van der Waals surface area contributed by atoms with Crippen LogP contribution >= 0.6 is 0 Å². The first kappa shape index (κ1) is 22.1. The third kappa shape index (κ3) is 4.76. The number of benzene rings is 1. The largest absolute Gasteiger partial charge is 0.510 e. The lowest BCUT2D eigenvalue weighted by atomic mass is 10.2. The maximum absolute atomic E-state index is 13.7. The number of fused-ring (bicyclic) bond motifs is 1. The van der Waals surface area contributed by atoms with Crippen molar-refractivity contribution >= 4 is 12.1 Å². The maximum atomic E-state index is 13.7. The van der Waals surface area contributed by atoms with Crippen molar-refractivity contribution in [2.75, 3.05) is 25.6 Å². The van der Waals surface area contributed by atoms with Gasteiger partial charge in [-0.2, -0.15) is 0 Å². The molecular formula is C20H21F2N3O6. The van der Waals surface area contributed by atoms with Gasteiger partial charge in [0.05, 0.1) is 13.7 Å². The molecule has 0 atom stereocenters. The van der Waals surface area contributed by atoms with E-state index < -0.39 is 35.9 Å². The van der Waals surface area contributed by atoms with Gasteiger partial charge < -0.3 is 19.1 Å². The number of rotatable bonds is 6. The van der Waals surface area contributed by atoms with E-state index in [4.69, 9.17) is 4.74 Å². The van der Waals surface area contributed by atoms with E-state index in [9.17, 15) is 23.2 Å². The summed E-state index contributed by atoms with van der Waals surface area (Å²) in [5, 5.41) is 1.62. The van der Waals surface area contributed by atoms with E-state index in [1.165, 1.54) is 34.0 Å². The second-order valence-electron chi connectivity index (χ2n) is 7.02. The highest BCUT2D eigenvalue weighted by molar-refractivity contribution is 5.96. The van der Waals surface area contributed by atoms with E-state index in [1.807, 2.05) is 0 Å². The molecule has 2 aromatic rings. The maximum Gasteiger partial charge on any atom is 0.510 e. The molecule has 0 saturated heterocycles. The number of carbonyl (C=O) groups is 2. The van der Waals surface area contributed by atoms with Crippen molar-refractivity contribution in [3.05, 3.63) is 63.6 Å². The highest BCUT2D eigenvalue weighted by atomic mass is 19.1. The number of aromatic nitrogens is 1. The average molecular weight is 437 g/mol. The van der Waals surface area contributed by atoms with Gasteiger partial charge in [-0.05, 0) is 31.5 Å². The summed E-state index contributed by atoms with van der Waals surface area (Å²) in [4.78, 5) is 38.1. The van der Waals surface area contributed by atoms with E-state index in [0.717, 1.165) is 13.2 Å². The summed E-state index contributed by atoms with van der Waals surface area (Å²) in [5.41, 5.74) is -0.370. The van der Waals surface area contributed by atoms with Crippen molar-refractivity contribution in [3.8, 4) is 5.75 Å². The molecule has 11 heteroatoms. The van der Waals surface area contributed by atoms with E-state index in [0.29, 0.717) is 5.56 Å². The molecule has 3 rings (SSSR count). The third-order valence-electron chi connectivity index (χ3n) is 4.58. The van der Waals surface area contributed by atoms with Crippen LogP contribution in [0.15, 0.2) is 35.3 Å². The minimum Gasteiger partial charge on any atom is -0.451 e. The van der Waals surface area contributed by atoms with Gasteiger partial charge in [-0.3, -0.25) is 19.3 Å². The second kappa shape index (κ2) is 9.02. The summed E-state index contributed by atoms with van der Waals surface area (Å²) in [6, 6.07) is 4.06. The zero-order valence-electron chi connectivity index (χ0n) is 17.1. The van der Waals surface area contributed by atoms with Crippen LogP contribution in [0.3, 0.4) is 0 Å². The fourth-order valence-corrected chi connectivity index (χ4v) is 3.16. The Morgan fingerprint density at radius 2 is 1.84 bits per heavy atom. The number of pyridine rings is 1. The first-order valence-corrected chi connectivity index (χ1v) is 9.31. The number of methoxy groups -OCH3 is 1. The summed E-state index contributed by atoms with van der Waals surface area (Å²) in [6.45, 7) is 3.07. The van der Waals surface area contributed by atoms with Crippen LogP contribution in [0.25, 0.3) is 0 Å². The molecule has 1 aromatic carbocycles. The molecule has 1 amide bonds. The molecule has 9 nitrogen and oxygen atoms in total. The number of amides is 1. The molecule has 0 bridgehead atoms. The molecule has 31 heavy (non-hydrogen) atoms. The standard InChI is InChI=1S/C20H21F2N3O6/c1-12(2)24-10-23(9-13-6-14(21)8-15(22)7-13)25-5-4-16(26)18(17(25)19(24)27)30-11-31-20(28)29-3/h4-8,12H,9-11H2,1-3H3. The van der Waals surface area contributed by atoms with Crippen LogP contribution in [0.5, 0.6) is 5.75 Å². The minimum absolute atomic E-state index is 0.0408. The Labute approximate surface area is 176 Å². The van der Waals surface area contributed by atoms with Gasteiger partial charge in [0, 0.05) is 24.4 Å². The Morgan fingerprint density at radius 3 is 2.45 bits per heavy atom. The van der Waals surface area contributed by atoms with E-state index >= 15 is 0 Å². The van der Waals surface area contributed by atoms with Gasteiger partial charge in [0.2, 0.25) is 18.0 Å². The number of hydrogen-bond acceptors (Lipinski definition) is 7. The van der Waals surface area contributed by atoms with Crippen molar-refractivity contribution < 1.29 is 32.6 Å². The van der Waals surface area contributed by atoms with Crippen LogP contribution in [-0.2, 0) is 16.0 Å². The van der Waals surface area contributed by atoms with Crippen LogP contribution in [-0.4, -0.2) is 48.3 Å². The van der Waals surface area contributed by atoms with Gasteiger partial charge in [0.1, 0.15) is 18.3 Å². The smallest absolute Gasteiger partial charge is 0.451 e. The highest BCUT2D eigenvalue weighted by Crippen LogP contribution is 2.24. The number of carbonyl (C=O) groups excluding carboxylic acids is 2. The van der Waals surface area contributed by atoms with Gasteiger partial charge in [-0.1, -0.05) is 0 Å². The fraction of sp³-hybridized carbons (Fsp3) is 0.350. The molecule has 0 unspecified atom stereocenters. The van der Waals surface area contributed by atoms with Crippen LogP contribution in [0.4, 0.5) is 13.6 Å². The molecule has 0 N–H and O–H groups in total. The Bertz CT molecular complexity index is 1040. The topological polar surface area (TPSA) is 90.3 Å². The molecule has 0 fully saturated rings. The van der Waals surface area contributed by atoms with Gasteiger partial charge >= 0.3 is 6.16 Å². The first-order chi connectivity index (χ1) is 14.7. The van der Waals surface area contributed by atoms with Crippen molar-refractivity contribution in [3.63, 3.8) is 0 Å². The Morgan fingerprint density at radius 1 is 1.16 bits per heavy atom. The van der Waals surface area contributed by atoms with Gasteiger partial charge in [0.15, 0.2) is 5.69 Å². The van der Waals surface area contributed by atoms with Crippen LogP contribution in [0.2, 0.25) is 0 Å². The molecule has 166 valence electrons. The average Bonchev–Trinajstić information content (AvgIpc) is 2.70. The third-order valence-corrected chi connectivity index (χ3v) is 4.58. The normalized spacial score (nSPS) is 13.3.